The number of nitrogens with one attached hydrogen (secondary N) is 1. The molecule has 0 saturated heterocycles. The van der Waals surface area contributed by atoms with Crippen LogP contribution < -0.4 is 10.9 Å². The number of aromatic nitrogens is 4. The number of hydrogen-bond acceptors (Lipinski definition) is 6. The van der Waals surface area contributed by atoms with Crippen LogP contribution in [0.3, 0.4) is 0 Å². The Labute approximate surface area is 200 Å². The van der Waals surface area contributed by atoms with Gasteiger partial charge in [-0.3, -0.25) is 14.2 Å². The minimum atomic E-state index is -3.58. The van der Waals surface area contributed by atoms with Gasteiger partial charge >= 0.3 is 0 Å². The van der Waals surface area contributed by atoms with Crippen molar-refractivity contribution in [1.82, 2.24) is 29.0 Å². The van der Waals surface area contributed by atoms with Gasteiger partial charge in [-0.25, -0.2) is 26.8 Å². The second-order valence-corrected chi connectivity index (χ2v) is 10.1. The highest BCUT2D eigenvalue weighted by Gasteiger charge is 2.17. The molecule has 0 aliphatic rings. The number of hydrogen-bond donors (Lipinski definition) is 1. The van der Waals surface area contributed by atoms with E-state index in [4.69, 9.17) is 0 Å². The lowest BCUT2D eigenvalue weighted by molar-refractivity contribution is 0.0952. The van der Waals surface area contributed by atoms with E-state index >= 15 is 0 Å². The molecule has 1 amide bonds. The lowest BCUT2D eigenvalue weighted by atomic mass is 10.2. The minimum absolute atomic E-state index is 0.0460. The summed E-state index contributed by atoms with van der Waals surface area (Å²) >= 11 is 0. The van der Waals surface area contributed by atoms with E-state index in [-0.39, 0.29) is 41.4 Å². The molecule has 4 aromatic rings. The van der Waals surface area contributed by atoms with Crippen molar-refractivity contribution in [2.75, 3.05) is 20.6 Å². The van der Waals surface area contributed by atoms with Gasteiger partial charge in [0.05, 0.1) is 24.2 Å². The Morgan fingerprint density at radius 1 is 1.11 bits per heavy atom. The van der Waals surface area contributed by atoms with E-state index in [0.29, 0.717) is 16.8 Å². The predicted molar refractivity (Wildman–Crippen MR) is 127 cm³/mol. The van der Waals surface area contributed by atoms with Gasteiger partial charge in [-0.05, 0) is 30.3 Å². The molecule has 0 saturated carbocycles. The maximum atomic E-state index is 13.9. The van der Waals surface area contributed by atoms with Crippen molar-refractivity contribution in [3.05, 3.63) is 88.4 Å². The summed E-state index contributed by atoms with van der Waals surface area (Å²) in [5.74, 6) is -0.782. The first-order valence-electron chi connectivity index (χ1n) is 10.6. The fourth-order valence-corrected chi connectivity index (χ4v) is 4.35. The average Bonchev–Trinajstić information content (AvgIpc) is 3.25. The Balaban J connectivity index is 1.42. The quantitative estimate of drug-likeness (QED) is 0.393. The van der Waals surface area contributed by atoms with Crippen LogP contribution in [0, 0.1) is 5.82 Å². The molecule has 182 valence electrons. The number of rotatable bonds is 8. The first-order chi connectivity index (χ1) is 16.7. The summed E-state index contributed by atoms with van der Waals surface area (Å²) in [6, 6.07) is 11.8. The van der Waals surface area contributed by atoms with Crippen molar-refractivity contribution in [2.45, 2.75) is 18.0 Å². The van der Waals surface area contributed by atoms with Crippen molar-refractivity contribution >= 4 is 27.0 Å². The number of carbonyl (C=O) groups is 1. The summed E-state index contributed by atoms with van der Waals surface area (Å²) in [5.41, 5.74) is 0.689. The molecule has 10 nitrogen and oxygen atoms in total. The molecule has 0 spiro atoms. The Kier molecular flexibility index (Phi) is 6.76. The van der Waals surface area contributed by atoms with Gasteiger partial charge in [-0.15, -0.1) is 0 Å². The zero-order chi connectivity index (χ0) is 25.2. The zero-order valence-corrected chi connectivity index (χ0v) is 19.9. The van der Waals surface area contributed by atoms with Crippen molar-refractivity contribution < 1.29 is 17.6 Å². The van der Waals surface area contributed by atoms with E-state index in [1.165, 1.54) is 66.2 Å². The summed E-state index contributed by atoms with van der Waals surface area (Å²) in [5, 5.41) is 7.21. The summed E-state index contributed by atoms with van der Waals surface area (Å²) in [7, 11) is -0.711. The van der Waals surface area contributed by atoms with Crippen LogP contribution in [0.2, 0.25) is 0 Å². The highest BCUT2D eigenvalue weighted by molar-refractivity contribution is 7.89. The number of amides is 1. The van der Waals surface area contributed by atoms with E-state index in [1.807, 2.05) is 0 Å². The standard InChI is InChI=1S/C23H23FN6O4S/c1-28(2)35(33,34)18-9-7-16(8-10-18)22(31)25-11-12-30-21-19(13-27-30)23(32)29(15-26-21)14-17-5-3-4-6-20(17)24/h3-10,13,15H,11-12,14H2,1-2H3,(H,25,31). The summed E-state index contributed by atoms with van der Waals surface area (Å²) in [6.07, 6.45) is 2.74. The predicted octanol–water partition coefficient (Wildman–Crippen LogP) is 1.46. The number of carbonyl (C=O) groups excluding carboxylic acids is 1. The third-order valence-corrected chi connectivity index (χ3v) is 7.25. The van der Waals surface area contributed by atoms with Gasteiger partial charge < -0.3 is 5.32 Å². The van der Waals surface area contributed by atoms with Crippen LogP contribution in [0.4, 0.5) is 4.39 Å². The zero-order valence-electron chi connectivity index (χ0n) is 19.1. The molecule has 0 atom stereocenters. The molecule has 2 aromatic carbocycles. The Morgan fingerprint density at radius 2 is 1.83 bits per heavy atom. The maximum Gasteiger partial charge on any atom is 0.264 e. The topological polar surface area (TPSA) is 119 Å². The Hall–Kier alpha value is -3.90. The van der Waals surface area contributed by atoms with Gasteiger partial charge in [-0.1, -0.05) is 18.2 Å². The van der Waals surface area contributed by atoms with Crippen LogP contribution in [0.1, 0.15) is 15.9 Å². The Morgan fingerprint density at radius 3 is 2.51 bits per heavy atom. The number of fused-ring (bicyclic) bond motifs is 1. The van der Waals surface area contributed by atoms with Gasteiger partial charge in [0.25, 0.3) is 11.5 Å². The van der Waals surface area contributed by atoms with E-state index in [1.54, 1.807) is 18.2 Å². The molecule has 0 bridgehead atoms. The van der Waals surface area contributed by atoms with Crippen molar-refractivity contribution in [2.24, 2.45) is 0 Å². The SMILES string of the molecule is CN(C)S(=O)(=O)c1ccc(C(=O)NCCn2ncc3c(=O)n(Cc4ccccc4F)cnc32)cc1. The Bertz CT molecular complexity index is 1540. The van der Waals surface area contributed by atoms with Gasteiger partial charge in [0, 0.05) is 31.8 Å². The smallest absolute Gasteiger partial charge is 0.264 e. The van der Waals surface area contributed by atoms with E-state index in [0.717, 1.165) is 4.31 Å². The molecule has 0 unspecified atom stereocenters. The van der Waals surface area contributed by atoms with Crippen LogP contribution >= 0.6 is 0 Å². The van der Waals surface area contributed by atoms with Crippen LogP contribution in [-0.4, -0.2) is 58.6 Å². The summed E-state index contributed by atoms with van der Waals surface area (Å²) in [6.45, 7) is 0.504. The van der Waals surface area contributed by atoms with Crippen LogP contribution in [0.15, 0.2) is 70.7 Å². The molecule has 2 aromatic heterocycles. The molecule has 4 rings (SSSR count). The normalized spacial score (nSPS) is 11.8. The van der Waals surface area contributed by atoms with Crippen LogP contribution in [0.5, 0.6) is 0 Å². The van der Waals surface area contributed by atoms with E-state index < -0.39 is 15.8 Å². The van der Waals surface area contributed by atoms with Gasteiger partial charge in [0.15, 0.2) is 5.65 Å². The first kappa shape index (κ1) is 24.2. The molecule has 12 heteroatoms. The van der Waals surface area contributed by atoms with Crippen LogP contribution in [-0.2, 0) is 23.1 Å². The second kappa shape index (κ2) is 9.76. The number of halogens is 1. The number of sulfonamides is 1. The van der Waals surface area contributed by atoms with E-state index in [9.17, 15) is 22.4 Å². The third-order valence-electron chi connectivity index (χ3n) is 5.43. The minimum Gasteiger partial charge on any atom is -0.350 e. The summed E-state index contributed by atoms with van der Waals surface area (Å²) in [4.78, 5) is 29.6. The fourth-order valence-electron chi connectivity index (χ4n) is 3.45. The molecule has 1 N–H and O–H groups in total. The molecule has 0 radical (unpaired) electrons. The molecular formula is C23H23FN6O4S. The third kappa shape index (κ3) is 4.98. The van der Waals surface area contributed by atoms with Gasteiger partial charge in [0.1, 0.15) is 17.5 Å². The van der Waals surface area contributed by atoms with Crippen molar-refractivity contribution in [3.8, 4) is 0 Å². The summed E-state index contributed by atoms with van der Waals surface area (Å²) < 4.78 is 42.1. The molecular weight excluding hydrogens is 475 g/mol. The fraction of sp³-hybridized carbons (Fsp3) is 0.217. The van der Waals surface area contributed by atoms with Crippen molar-refractivity contribution in [3.63, 3.8) is 0 Å². The van der Waals surface area contributed by atoms with E-state index in [2.05, 4.69) is 15.4 Å². The lowest BCUT2D eigenvalue weighted by Gasteiger charge is -2.11. The monoisotopic (exact) mass is 498 g/mol. The number of nitrogens with zero attached hydrogens (tertiary/aromatic N) is 5. The lowest BCUT2D eigenvalue weighted by Crippen LogP contribution is -2.28. The largest absolute Gasteiger partial charge is 0.350 e. The highest BCUT2D eigenvalue weighted by Crippen LogP contribution is 2.14. The van der Waals surface area contributed by atoms with Crippen LogP contribution in [0.25, 0.3) is 11.0 Å². The van der Waals surface area contributed by atoms with Gasteiger partial charge in [-0.2, -0.15) is 5.10 Å². The highest BCUT2D eigenvalue weighted by atomic mass is 32.2. The molecule has 2 heterocycles. The molecule has 0 aliphatic carbocycles. The second-order valence-electron chi connectivity index (χ2n) is 7.94. The first-order valence-corrected chi connectivity index (χ1v) is 12.1. The molecule has 0 aliphatic heterocycles. The van der Waals surface area contributed by atoms with Crippen molar-refractivity contribution in [1.29, 1.82) is 0 Å². The molecule has 0 fully saturated rings. The maximum absolute atomic E-state index is 13.9. The van der Waals surface area contributed by atoms with Gasteiger partial charge in [0.2, 0.25) is 10.0 Å². The number of benzene rings is 2. The average molecular weight is 499 g/mol. The molecule has 35 heavy (non-hydrogen) atoms.